The van der Waals surface area contributed by atoms with E-state index >= 15 is 0 Å². The number of rotatable bonds is 7. The molecule has 26 heavy (non-hydrogen) atoms. The van der Waals surface area contributed by atoms with E-state index in [1.54, 1.807) is 44.2 Å². The number of hydrogen-bond acceptors (Lipinski definition) is 6. The fourth-order valence-electron chi connectivity index (χ4n) is 2.23. The zero-order chi connectivity index (χ0) is 19.2. The summed E-state index contributed by atoms with van der Waals surface area (Å²) >= 11 is 0. The van der Waals surface area contributed by atoms with Crippen molar-refractivity contribution in [2.45, 2.75) is 32.4 Å². The van der Waals surface area contributed by atoms with E-state index in [2.05, 4.69) is 5.32 Å². The number of esters is 1. The van der Waals surface area contributed by atoms with E-state index in [1.807, 2.05) is 6.07 Å². The molecule has 0 saturated heterocycles. The Morgan fingerprint density at radius 3 is 2.65 bits per heavy atom. The van der Waals surface area contributed by atoms with Crippen LogP contribution in [0, 0.1) is 11.3 Å². The molecule has 0 spiro atoms. The van der Waals surface area contributed by atoms with Crippen LogP contribution in [0.1, 0.15) is 42.1 Å². The van der Waals surface area contributed by atoms with Crippen molar-refractivity contribution < 1.29 is 23.5 Å². The van der Waals surface area contributed by atoms with Gasteiger partial charge >= 0.3 is 5.97 Å². The van der Waals surface area contributed by atoms with Crippen LogP contribution in [0.2, 0.25) is 0 Å². The third kappa shape index (κ3) is 4.22. The first-order chi connectivity index (χ1) is 12.4. The smallest absolute Gasteiger partial charge is 0.331 e. The second kappa shape index (κ2) is 8.21. The average molecular weight is 356 g/mol. The number of carbonyl (C=O) groups excluding carboxylic acids is 2. The normalized spacial score (nSPS) is 12.5. The number of nitriles is 1. The lowest BCUT2D eigenvalue weighted by Crippen LogP contribution is -2.52. The molecule has 0 aliphatic rings. The number of furan rings is 1. The summed E-state index contributed by atoms with van der Waals surface area (Å²) in [6.45, 7) is 3.42. The summed E-state index contributed by atoms with van der Waals surface area (Å²) < 4.78 is 15.8. The number of amides is 1. The minimum atomic E-state index is -1.14. The van der Waals surface area contributed by atoms with Crippen LogP contribution in [0.5, 0.6) is 5.75 Å². The molecule has 7 heteroatoms. The molecule has 1 aromatic heterocycles. The van der Waals surface area contributed by atoms with Crippen LogP contribution in [0.3, 0.4) is 0 Å². The summed E-state index contributed by atoms with van der Waals surface area (Å²) in [7, 11) is 1.27. The highest BCUT2D eigenvalue weighted by Gasteiger charge is 2.35. The molecule has 0 unspecified atom stereocenters. The Bertz CT molecular complexity index is 836. The van der Waals surface area contributed by atoms with Gasteiger partial charge in [0, 0.05) is 0 Å². The first-order valence-electron chi connectivity index (χ1n) is 8.05. The molecule has 0 aliphatic carbocycles. The third-order valence-electron chi connectivity index (χ3n) is 4.00. The number of ether oxygens (including phenoxy) is 2. The average Bonchev–Trinajstić information content (AvgIpc) is 3.14. The molecule has 0 aliphatic heterocycles. The first-order valence-corrected chi connectivity index (χ1v) is 8.05. The topological polar surface area (TPSA) is 102 Å². The fourth-order valence-corrected chi connectivity index (χ4v) is 2.23. The summed E-state index contributed by atoms with van der Waals surface area (Å²) in [5.41, 5.74) is -0.727. The van der Waals surface area contributed by atoms with Crippen LogP contribution in [0.15, 0.2) is 40.8 Å². The van der Waals surface area contributed by atoms with E-state index in [1.165, 1.54) is 13.2 Å². The molecule has 1 heterocycles. The maximum Gasteiger partial charge on any atom is 0.331 e. The minimum Gasteiger partial charge on any atom is -0.484 e. The number of para-hydroxylation sites is 1. The lowest BCUT2D eigenvalue weighted by Gasteiger charge is -2.25. The molecule has 1 atom stereocenters. The quantitative estimate of drug-likeness (QED) is 0.766. The standard InChI is InChI=1S/C19H20N2O5/c1-4-19(2,18(23)24-3)21-17(22)16-10-9-14(26-16)12-25-15-8-6-5-7-13(15)11-20/h5-10H,4,12H2,1-3H3,(H,21,22)/t19-/m1/s1. The maximum absolute atomic E-state index is 12.3. The number of nitrogens with one attached hydrogen (secondary N) is 1. The Balaban J connectivity index is 2.04. The summed E-state index contributed by atoms with van der Waals surface area (Å²) in [5, 5.41) is 11.7. The van der Waals surface area contributed by atoms with Gasteiger partial charge in [-0.25, -0.2) is 4.79 Å². The third-order valence-corrected chi connectivity index (χ3v) is 4.00. The van der Waals surface area contributed by atoms with E-state index in [-0.39, 0.29) is 12.4 Å². The van der Waals surface area contributed by atoms with Gasteiger partial charge in [-0.3, -0.25) is 4.79 Å². The molecule has 0 radical (unpaired) electrons. The Labute approximate surface area is 151 Å². The lowest BCUT2D eigenvalue weighted by atomic mass is 9.99. The highest BCUT2D eigenvalue weighted by Crippen LogP contribution is 2.19. The van der Waals surface area contributed by atoms with Crippen LogP contribution in [-0.4, -0.2) is 24.5 Å². The Morgan fingerprint density at radius 1 is 1.27 bits per heavy atom. The number of methoxy groups -OCH3 is 1. The van der Waals surface area contributed by atoms with Crippen molar-refractivity contribution >= 4 is 11.9 Å². The lowest BCUT2D eigenvalue weighted by molar-refractivity contribution is -0.147. The predicted molar refractivity (Wildman–Crippen MR) is 92.4 cm³/mol. The van der Waals surface area contributed by atoms with Crippen molar-refractivity contribution in [3.8, 4) is 11.8 Å². The van der Waals surface area contributed by atoms with Gasteiger partial charge in [0.25, 0.3) is 5.91 Å². The summed E-state index contributed by atoms with van der Waals surface area (Å²) in [5.74, 6) is -0.151. The molecular weight excluding hydrogens is 336 g/mol. The van der Waals surface area contributed by atoms with Gasteiger partial charge in [0.15, 0.2) is 5.76 Å². The number of benzene rings is 1. The maximum atomic E-state index is 12.3. The van der Waals surface area contributed by atoms with E-state index in [9.17, 15) is 9.59 Å². The highest BCUT2D eigenvalue weighted by atomic mass is 16.5. The van der Waals surface area contributed by atoms with Crippen molar-refractivity contribution in [1.29, 1.82) is 5.26 Å². The zero-order valence-electron chi connectivity index (χ0n) is 14.9. The molecule has 1 aromatic carbocycles. The molecule has 1 amide bonds. The van der Waals surface area contributed by atoms with Gasteiger partial charge in [-0.15, -0.1) is 0 Å². The molecule has 0 saturated carbocycles. The Morgan fingerprint density at radius 2 is 2.00 bits per heavy atom. The Kier molecular flexibility index (Phi) is 6.02. The molecule has 2 rings (SSSR count). The van der Waals surface area contributed by atoms with E-state index < -0.39 is 17.4 Å². The van der Waals surface area contributed by atoms with Crippen LogP contribution >= 0.6 is 0 Å². The van der Waals surface area contributed by atoms with Gasteiger partial charge < -0.3 is 19.2 Å². The zero-order valence-corrected chi connectivity index (χ0v) is 14.9. The Hall–Kier alpha value is -3.27. The number of carbonyl (C=O) groups is 2. The van der Waals surface area contributed by atoms with Gasteiger partial charge in [0.05, 0.1) is 12.7 Å². The van der Waals surface area contributed by atoms with Crippen molar-refractivity contribution in [1.82, 2.24) is 5.32 Å². The SMILES string of the molecule is CC[C@@](C)(NC(=O)c1ccc(COc2ccccc2C#N)o1)C(=O)OC. The molecule has 1 N–H and O–H groups in total. The molecule has 2 aromatic rings. The molecule has 0 bridgehead atoms. The van der Waals surface area contributed by atoms with E-state index in [0.29, 0.717) is 23.5 Å². The molecule has 136 valence electrons. The molecule has 0 fully saturated rings. The van der Waals surface area contributed by atoms with Crippen LogP contribution in [-0.2, 0) is 16.1 Å². The molecular formula is C19H20N2O5. The fraction of sp³-hybridized carbons (Fsp3) is 0.316. The van der Waals surface area contributed by atoms with Gasteiger partial charge in [-0.1, -0.05) is 19.1 Å². The molecule has 7 nitrogen and oxygen atoms in total. The van der Waals surface area contributed by atoms with Crippen molar-refractivity contribution in [3.63, 3.8) is 0 Å². The van der Waals surface area contributed by atoms with Gasteiger partial charge in [0.1, 0.15) is 29.7 Å². The van der Waals surface area contributed by atoms with Crippen LogP contribution < -0.4 is 10.1 Å². The van der Waals surface area contributed by atoms with Crippen molar-refractivity contribution in [2.24, 2.45) is 0 Å². The van der Waals surface area contributed by atoms with Gasteiger partial charge in [-0.05, 0) is 37.6 Å². The second-order valence-corrected chi connectivity index (χ2v) is 5.79. The highest BCUT2D eigenvalue weighted by molar-refractivity contribution is 5.96. The van der Waals surface area contributed by atoms with Crippen molar-refractivity contribution in [2.75, 3.05) is 7.11 Å². The minimum absolute atomic E-state index is 0.0562. The predicted octanol–water partition coefficient (Wildman–Crippen LogP) is 2.80. The number of nitrogens with zero attached hydrogens (tertiary/aromatic N) is 1. The van der Waals surface area contributed by atoms with E-state index in [0.717, 1.165) is 0 Å². The monoisotopic (exact) mass is 356 g/mol. The van der Waals surface area contributed by atoms with Gasteiger partial charge in [0.2, 0.25) is 0 Å². The van der Waals surface area contributed by atoms with Gasteiger partial charge in [-0.2, -0.15) is 5.26 Å². The second-order valence-electron chi connectivity index (χ2n) is 5.79. The van der Waals surface area contributed by atoms with Crippen LogP contribution in [0.25, 0.3) is 0 Å². The summed E-state index contributed by atoms with van der Waals surface area (Å²) in [4.78, 5) is 24.2. The van der Waals surface area contributed by atoms with Crippen molar-refractivity contribution in [3.05, 3.63) is 53.5 Å². The van der Waals surface area contributed by atoms with Crippen LogP contribution in [0.4, 0.5) is 0 Å². The van der Waals surface area contributed by atoms with E-state index in [4.69, 9.17) is 19.2 Å². The number of hydrogen-bond donors (Lipinski definition) is 1. The first kappa shape index (κ1) is 19.1. The summed E-state index contributed by atoms with van der Waals surface area (Å²) in [6, 6.07) is 12.0. The summed E-state index contributed by atoms with van der Waals surface area (Å²) in [6.07, 6.45) is 0.368. The largest absolute Gasteiger partial charge is 0.484 e.